The molecule has 284 valence electrons. The summed E-state index contributed by atoms with van der Waals surface area (Å²) >= 11 is 0. The molecule has 1 fully saturated rings. The predicted molar refractivity (Wildman–Crippen MR) is 204 cm³/mol. The molecule has 5 aliphatic rings. The molecule has 1 saturated heterocycles. The fraction of sp³-hybridized carbons (Fsp3) is 0.632. The first-order chi connectivity index (χ1) is 24.9. The number of fused-ring (bicyclic) bond motifs is 4. The van der Waals surface area contributed by atoms with E-state index < -0.39 is 32.1 Å². The quantitative estimate of drug-likeness (QED) is 0.231. The molecule has 0 spiro atoms. The van der Waals surface area contributed by atoms with Gasteiger partial charge < -0.3 is 20.4 Å². The summed E-state index contributed by atoms with van der Waals surface area (Å²) in [6.45, 7) is 10.2. The molecular formula is C38H54N6O6S2. The van der Waals surface area contributed by atoms with Crippen LogP contribution < -0.4 is 20.1 Å². The van der Waals surface area contributed by atoms with Gasteiger partial charge in [0.2, 0.25) is 20.0 Å². The first-order valence-electron chi connectivity index (χ1n) is 19.3. The minimum atomic E-state index is -3.82. The second-order valence-corrected chi connectivity index (χ2v) is 19.0. The second-order valence-electron chi connectivity index (χ2n) is 15.4. The molecule has 1 heterocycles. The highest BCUT2D eigenvalue weighted by Crippen LogP contribution is 2.55. The summed E-state index contributed by atoms with van der Waals surface area (Å²) in [6.07, 6.45) is 8.91. The average molecular weight is 755 g/mol. The Labute approximate surface area is 309 Å². The van der Waals surface area contributed by atoms with Crippen molar-refractivity contribution in [2.24, 2.45) is 5.92 Å². The van der Waals surface area contributed by atoms with Crippen LogP contribution in [0.2, 0.25) is 0 Å². The molecule has 4 N–H and O–H groups in total. The van der Waals surface area contributed by atoms with Crippen molar-refractivity contribution >= 4 is 43.5 Å². The molecule has 0 saturated carbocycles. The molecular weight excluding hydrogens is 701 g/mol. The predicted octanol–water partition coefficient (Wildman–Crippen LogP) is 4.62. The molecule has 2 atom stereocenters. The van der Waals surface area contributed by atoms with Crippen LogP contribution in [-0.2, 0) is 58.6 Å². The van der Waals surface area contributed by atoms with E-state index in [4.69, 9.17) is 0 Å². The molecule has 0 bridgehead atoms. The zero-order valence-electron chi connectivity index (χ0n) is 30.8. The Hall–Kier alpha value is -3.20. The topological polar surface area (TPSA) is 157 Å². The standard InChI is InChI=1S/C38H54N6O6S2/c1-4-43(5-2)17-18-51(47,48)41-37(45)39-35-28-11-8-10-26(28)20-33-30(15-16-32(33)35)31-14-13-27-19-25-9-7-12-29(25)36(34(27)31)40-38(46)42-52(49,50)23-24-21-44(6-3)22-24/h19-20,24,30-31H,4-18,21-23H2,1-3H3,(H2,39,41,45)(H2,40,42,46). The van der Waals surface area contributed by atoms with Crippen molar-refractivity contribution in [3.8, 4) is 0 Å². The molecule has 2 aromatic rings. The van der Waals surface area contributed by atoms with E-state index >= 15 is 0 Å². The van der Waals surface area contributed by atoms with Gasteiger partial charge in [0, 0.05) is 36.9 Å². The van der Waals surface area contributed by atoms with Crippen molar-refractivity contribution in [2.75, 3.05) is 61.4 Å². The summed E-state index contributed by atoms with van der Waals surface area (Å²) in [6, 6.07) is 3.20. The number of carbonyl (C=O) groups excluding carboxylic acids is 2. The van der Waals surface area contributed by atoms with Crippen LogP contribution in [0.15, 0.2) is 12.1 Å². The number of anilines is 2. The Morgan fingerprint density at radius 1 is 0.731 bits per heavy atom. The molecule has 4 amide bonds. The van der Waals surface area contributed by atoms with Crippen LogP contribution >= 0.6 is 0 Å². The van der Waals surface area contributed by atoms with Gasteiger partial charge >= 0.3 is 12.1 Å². The van der Waals surface area contributed by atoms with Crippen molar-refractivity contribution in [2.45, 2.75) is 96.8 Å². The number of urea groups is 2. The lowest BCUT2D eigenvalue weighted by molar-refractivity contribution is 0.122. The normalized spacial score (nSPS) is 21.0. The van der Waals surface area contributed by atoms with Crippen molar-refractivity contribution in [1.82, 2.24) is 19.2 Å². The number of carbonyl (C=O) groups is 2. The first kappa shape index (κ1) is 37.1. The van der Waals surface area contributed by atoms with Gasteiger partial charge in [0.25, 0.3) is 0 Å². The number of amides is 4. The van der Waals surface area contributed by atoms with Crippen LogP contribution in [0.1, 0.15) is 103 Å². The lowest BCUT2D eigenvalue weighted by atomic mass is 9.81. The average Bonchev–Trinajstić information content (AvgIpc) is 3.88. The van der Waals surface area contributed by atoms with Crippen LogP contribution in [-0.4, -0.2) is 89.5 Å². The lowest BCUT2D eigenvalue weighted by Crippen LogP contribution is -2.51. The van der Waals surface area contributed by atoms with Gasteiger partial charge in [0.1, 0.15) is 0 Å². The molecule has 0 radical (unpaired) electrons. The van der Waals surface area contributed by atoms with Gasteiger partial charge in [0.05, 0.1) is 11.5 Å². The minimum Gasteiger partial charge on any atom is -0.307 e. The van der Waals surface area contributed by atoms with Gasteiger partial charge in [-0.15, -0.1) is 0 Å². The third kappa shape index (κ3) is 7.58. The highest BCUT2D eigenvalue weighted by Gasteiger charge is 2.41. The molecule has 2 aromatic carbocycles. The Morgan fingerprint density at radius 3 is 2.02 bits per heavy atom. The van der Waals surface area contributed by atoms with E-state index in [0.29, 0.717) is 6.54 Å². The Balaban J connectivity index is 1.13. The molecule has 12 nitrogen and oxygen atoms in total. The third-order valence-electron chi connectivity index (χ3n) is 12.2. The summed E-state index contributed by atoms with van der Waals surface area (Å²) in [5.74, 6) is 0.0698. The fourth-order valence-corrected chi connectivity index (χ4v) is 11.9. The van der Waals surface area contributed by atoms with Gasteiger partial charge in [-0.05, 0) is 140 Å². The molecule has 14 heteroatoms. The molecule has 7 rings (SSSR count). The number of aryl methyl sites for hydroxylation is 3. The van der Waals surface area contributed by atoms with Gasteiger partial charge in [-0.1, -0.05) is 32.9 Å². The van der Waals surface area contributed by atoms with Gasteiger partial charge in [-0.3, -0.25) is 0 Å². The first-order valence-corrected chi connectivity index (χ1v) is 22.6. The van der Waals surface area contributed by atoms with E-state index in [1.54, 1.807) is 0 Å². The lowest BCUT2D eigenvalue weighted by Gasteiger charge is -2.38. The molecule has 1 aliphatic heterocycles. The van der Waals surface area contributed by atoms with Gasteiger partial charge in [-0.25, -0.2) is 35.9 Å². The third-order valence-corrected chi connectivity index (χ3v) is 14.9. The van der Waals surface area contributed by atoms with Gasteiger partial charge in [0.15, 0.2) is 0 Å². The highest BCUT2D eigenvalue weighted by molar-refractivity contribution is 7.90. The maximum absolute atomic E-state index is 13.4. The maximum Gasteiger partial charge on any atom is 0.332 e. The zero-order chi connectivity index (χ0) is 36.8. The smallest absolute Gasteiger partial charge is 0.307 e. The van der Waals surface area contributed by atoms with Crippen LogP contribution in [0.5, 0.6) is 0 Å². The van der Waals surface area contributed by atoms with Crippen molar-refractivity contribution < 1.29 is 26.4 Å². The molecule has 2 unspecified atom stereocenters. The van der Waals surface area contributed by atoms with Crippen LogP contribution in [0.3, 0.4) is 0 Å². The number of sulfonamides is 2. The summed E-state index contributed by atoms with van der Waals surface area (Å²) < 4.78 is 56.3. The number of nitrogens with zero attached hydrogens (tertiary/aromatic N) is 2. The number of rotatable bonds is 13. The largest absolute Gasteiger partial charge is 0.332 e. The minimum absolute atomic E-state index is 0.0242. The van der Waals surface area contributed by atoms with Crippen LogP contribution in [0.25, 0.3) is 0 Å². The number of benzene rings is 2. The number of likely N-dealkylation sites (tertiary alicyclic amines) is 1. The molecule has 0 aromatic heterocycles. The summed E-state index contributed by atoms with van der Waals surface area (Å²) in [4.78, 5) is 30.9. The molecule has 4 aliphatic carbocycles. The van der Waals surface area contributed by atoms with E-state index in [0.717, 1.165) is 131 Å². The van der Waals surface area contributed by atoms with E-state index in [1.165, 1.54) is 22.3 Å². The SMILES string of the molecule is CCN(CC)CCS(=O)(=O)NC(=O)Nc1c2c(cc3c1CCC3C1CCc3cc4c(c(NC(=O)NS(=O)(=O)CC5CN(CC)C5)c31)CCC4)CCC2. The maximum atomic E-state index is 13.4. The van der Waals surface area contributed by atoms with Crippen molar-refractivity contribution in [3.63, 3.8) is 0 Å². The summed E-state index contributed by atoms with van der Waals surface area (Å²) in [7, 11) is -7.62. The van der Waals surface area contributed by atoms with E-state index in [-0.39, 0.29) is 29.3 Å². The summed E-state index contributed by atoms with van der Waals surface area (Å²) in [5, 5.41) is 6.06. The zero-order valence-corrected chi connectivity index (χ0v) is 32.4. The highest BCUT2D eigenvalue weighted by atomic mass is 32.2. The van der Waals surface area contributed by atoms with Gasteiger partial charge in [-0.2, -0.15) is 0 Å². The van der Waals surface area contributed by atoms with Crippen LogP contribution in [0, 0.1) is 5.92 Å². The Morgan fingerprint density at radius 2 is 1.35 bits per heavy atom. The Bertz CT molecular complexity index is 1960. The molecule has 52 heavy (non-hydrogen) atoms. The fourth-order valence-electron chi connectivity index (χ4n) is 9.68. The second kappa shape index (κ2) is 14.9. The summed E-state index contributed by atoms with van der Waals surface area (Å²) in [5.41, 5.74) is 10.8. The number of nitrogens with one attached hydrogen (secondary N) is 4. The number of hydrogen-bond acceptors (Lipinski definition) is 8. The van der Waals surface area contributed by atoms with E-state index in [2.05, 4.69) is 44.0 Å². The Kier molecular flexibility index (Phi) is 10.6. The van der Waals surface area contributed by atoms with Crippen LogP contribution in [0.4, 0.5) is 21.0 Å². The number of hydrogen-bond donors (Lipinski definition) is 4. The van der Waals surface area contributed by atoms with Crippen molar-refractivity contribution in [3.05, 3.63) is 56.6 Å². The van der Waals surface area contributed by atoms with E-state index in [9.17, 15) is 26.4 Å². The monoisotopic (exact) mass is 754 g/mol. The van der Waals surface area contributed by atoms with Crippen molar-refractivity contribution in [1.29, 1.82) is 0 Å². The van der Waals surface area contributed by atoms with E-state index in [1.807, 2.05) is 18.7 Å².